The molecular formula is C19H30N2O2. The molecule has 2 heterocycles. The topological polar surface area (TPSA) is 35.9 Å². The summed E-state index contributed by atoms with van der Waals surface area (Å²) in [4.78, 5) is 4.75. The minimum atomic E-state index is -0.237. The zero-order valence-corrected chi connectivity index (χ0v) is 14.1. The van der Waals surface area contributed by atoms with Crippen LogP contribution in [0.25, 0.3) is 0 Å². The minimum absolute atomic E-state index is 0.237. The second kappa shape index (κ2) is 8.78. The number of morpholine rings is 1. The van der Waals surface area contributed by atoms with E-state index in [1.807, 2.05) is 0 Å². The van der Waals surface area contributed by atoms with E-state index in [9.17, 15) is 5.11 Å². The van der Waals surface area contributed by atoms with Crippen molar-refractivity contribution in [2.45, 2.75) is 25.4 Å². The van der Waals surface area contributed by atoms with E-state index in [1.165, 1.54) is 24.8 Å². The summed E-state index contributed by atoms with van der Waals surface area (Å²) in [5.74, 6) is 0.796. The number of aliphatic hydroxyl groups is 1. The van der Waals surface area contributed by atoms with E-state index in [2.05, 4.69) is 40.1 Å². The maximum atomic E-state index is 10.3. The Kier molecular flexibility index (Phi) is 6.46. The number of rotatable bonds is 6. The molecule has 23 heavy (non-hydrogen) atoms. The lowest BCUT2D eigenvalue weighted by atomic mass is 9.90. The SMILES string of the molecule is OC(CN1CCOCC1)CN1CCC(Cc2ccccc2)CC1. The van der Waals surface area contributed by atoms with Crippen LogP contribution in [-0.2, 0) is 11.2 Å². The first kappa shape index (κ1) is 16.9. The summed E-state index contributed by atoms with van der Waals surface area (Å²) in [5, 5.41) is 10.3. The number of β-amino-alcohol motifs (C(OH)–C–C–N with tert-alkyl or cyclic N) is 1. The van der Waals surface area contributed by atoms with E-state index in [0.29, 0.717) is 0 Å². The van der Waals surface area contributed by atoms with Gasteiger partial charge in [0, 0.05) is 26.2 Å². The van der Waals surface area contributed by atoms with E-state index in [1.54, 1.807) is 0 Å². The average Bonchev–Trinajstić information content (AvgIpc) is 2.58. The summed E-state index contributed by atoms with van der Waals surface area (Å²) in [6.07, 6.45) is 3.46. The maximum Gasteiger partial charge on any atom is 0.0793 e. The van der Waals surface area contributed by atoms with Gasteiger partial charge in [0.15, 0.2) is 0 Å². The largest absolute Gasteiger partial charge is 0.390 e. The molecule has 1 aromatic carbocycles. The van der Waals surface area contributed by atoms with Crippen molar-refractivity contribution in [3.05, 3.63) is 35.9 Å². The zero-order chi connectivity index (χ0) is 15.9. The smallest absolute Gasteiger partial charge is 0.0793 e. The molecule has 128 valence electrons. The van der Waals surface area contributed by atoms with Gasteiger partial charge in [-0.3, -0.25) is 4.90 Å². The zero-order valence-electron chi connectivity index (χ0n) is 14.1. The van der Waals surface area contributed by atoms with Crippen molar-refractivity contribution in [2.24, 2.45) is 5.92 Å². The monoisotopic (exact) mass is 318 g/mol. The molecule has 3 rings (SSSR count). The highest BCUT2D eigenvalue weighted by atomic mass is 16.5. The average molecular weight is 318 g/mol. The van der Waals surface area contributed by atoms with Crippen molar-refractivity contribution in [2.75, 3.05) is 52.5 Å². The minimum Gasteiger partial charge on any atom is -0.390 e. The van der Waals surface area contributed by atoms with Gasteiger partial charge >= 0.3 is 0 Å². The third kappa shape index (κ3) is 5.57. The van der Waals surface area contributed by atoms with Crippen LogP contribution in [0.15, 0.2) is 30.3 Å². The van der Waals surface area contributed by atoms with E-state index in [0.717, 1.165) is 58.4 Å². The van der Waals surface area contributed by atoms with Crippen LogP contribution in [0.4, 0.5) is 0 Å². The van der Waals surface area contributed by atoms with E-state index >= 15 is 0 Å². The molecule has 1 N–H and O–H groups in total. The Hall–Kier alpha value is -0.940. The molecule has 1 atom stereocenters. The van der Waals surface area contributed by atoms with Gasteiger partial charge in [0.05, 0.1) is 19.3 Å². The predicted molar refractivity (Wildman–Crippen MR) is 92.6 cm³/mol. The Labute approximate surface area is 140 Å². The fourth-order valence-corrected chi connectivity index (χ4v) is 3.76. The molecule has 1 unspecified atom stereocenters. The quantitative estimate of drug-likeness (QED) is 0.865. The fourth-order valence-electron chi connectivity index (χ4n) is 3.76. The highest BCUT2D eigenvalue weighted by molar-refractivity contribution is 5.15. The van der Waals surface area contributed by atoms with Gasteiger partial charge in [0.2, 0.25) is 0 Å². The van der Waals surface area contributed by atoms with Gasteiger partial charge in [-0.05, 0) is 43.8 Å². The molecule has 1 aromatic rings. The van der Waals surface area contributed by atoms with Crippen LogP contribution < -0.4 is 0 Å². The van der Waals surface area contributed by atoms with Crippen LogP contribution >= 0.6 is 0 Å². The van der Waals surface area contributed by atoms with Gasteiger partial charge in [-0.15, -0.1) is 0 Å². The number of ether oxygens (including phenoxy) is 1. The van der Waals surface area contributed by atoms with Gasteiger partial charge in [-0.1, -0.05) is 30.3 Å². The Morgan fingerprint density at radius 3 is 2.22 bits per heavy atom. The molecule has 2 saturated heterocycles. The summed E-state index contributed by atoms with van der Waals surface area (Å²) in [6, 6.07) is 10.8. The van der Waals surface area contributed by atoms with Crippen molar-refractivity contribution in [1.82, 2.24) is 9.80 Å². The van der Waals surface area contributed by atoms with Crippen LogP contribution in [0.2, 0.25) is 0 Å². The summed E-state index contributed by atoms with van der Waals surface area (Å²) >= 11 is 0. The Bertz CT molecular complexity index is 440. The van der Waals surface area contributed by atoms with E-state index < -0.39 is 0 Å². The molecule has 0 aromatic heterocycles. The molecule has 0 bridgehead atoms. The van der Waals surface area contributed by atoms with Gasteiger partial charge in [0.25, 0.3) is 0 Å². The molecule has 0 aliphatic carbocycles. The molecule has 4 heteroatoms. The highest BCUT2D eigenvalue weighted by Crippen LogP contribution is 2.21. The molecule has 0 amide bonds. The van der Waals surface area contributed by atoms with Crippen molar-refractivity contribution in [3.8, 4) is 0 Å². The first-order valence-electron chi connectivity index (χ1n) is 9.04. The summed E-state index contributed by atoms with van der Waals surface area (Å²) < 4.78 is 5.36. The number of piperidine rings is 1. The normalized spacial score (nSPS) is 23.0. The third-order valence-electron chi connectivity index (χ3n) is 5.12. The first-order valence-corrected chi connectivity index (χ1v) is 9.04. The number of aliphatic hydroxyl groups excluding tert-OH is 1. The first-order chi connectivity index (χ1) is 11.3. The van der Waals surface area contributed by atoms with Crippen LogP contribution in [0, 0.1) is 5.92 Å². The van der Waals surface area contributed by atoms with Crippen molar-refractivity contribution in [3.63, 3.8) is 0 Å². The van der Waals surface area contributed by atoms with Crippen molar-refractivity contribution >= 4 is 0 Å². The lowest BCUT2D eigenvalue weighted by Gasteiger charge is -2.35. The standard InChI is InChI=1S/C19H30N2O2/c22-19(16-21-10-12-23-13-11-21)15-20-8-6-18(7-9-20)14-17-4-2-1-3-5-17/h1-5,18-19,22H,6-16H2. The number of benzene rings is 1. The summed E-state index contributed by atoms with van der Waals surface area (Å²) in [7, 11) is 0. The number of likely N-dealkylation sites (tertiary alicyclic amines) is 1. The number of hydrogen-bond acceptors (Lipinski definition) is 4. The molecule has 2 aliphatic rings. The molecule has 2 fully saturated rings. The molecule has 0 radical (unpaired) electrons. The third-order valence-corrected chi connectivity index (χ3v) is 5.12. The second-order valence-electron chi connectivity index (χ2n) is 7.00. The number of hydrogen-bond donors (Lipinski definition) is 1. The van der Waals surface area contributed by atoms with Gasteiger partial charge in [-0.25, -0.2) is 0 Å². The summed E-state index contributed by atoms with van der Waals surface area (Å²) in [6.45, 7) is 7.36. The van der Waals surface area contributed by atoms with Crippen LogP contribution in [0.3, 0.4) is 0 Å². The van der Waals surface area contributed by atoms with Crippen molar-refractivity contribution in [1.29, 1.82) is 0 Å². The molecule has 4 nitrogen and oxygen atoms in total. The second-order valence-corrected chi connectivity index (χ2v) is 7.00. The lowest BCUT2D eigenvalue weighted by Crippen LogP contribution is -2.46. The van der Waals surface area contributed by atoms with Crippen LogP contribution in [0.1, 0.15) is 18.4 Å². The molecule has 2 aliphatic heterocycles. The van der Waals surface area contributed by atoms with Crippen LogP contribution in [0.5, 0.6) is 0 Å². The Morgan fingerprint density at radius 1 is 0.957 bits per heavy atom. The Balaban J connectivity index is 1.35. The van der Waals surface area contributed by atoms with E-state index in [-0.39, 0.29) is 6.10 Å². The van der Waals surface area contributed by atoms with Crippen molar-refractivity contribution < 1.29 is 9.84 Å². The van der Waals surface area contributed by atoms with Gasteiger partial charge < -0.3 is 14.7 Å². The highest BCUT2D eigenvalue weighted by Gasteiger charge is 2.22. The molecule has 0 spiro atoms. The van der Waals surface area contributed by atoms with E-state index in [4.69, 9.17) is 4.74 Å². The lowest BCUT2D eigenvalue weighted by molar-refractivity contribution is 0.00419. The summed E-state index contributed by atoms with van der Waals surface area (Å²) in [5.41, 5.74) is 1.46. The van der Waals surface area contributed by atoms with Gasteiger partial charge in [0.1, 0.15) is 0 Å². The molecule has 0 saturated carbocycles. The van der Waals surface area contributed by atoms with Gasteiger partial charge in [-0.2, -0.15) is 0 Å². The Morgan fingerprint density at radius 2 is 1.57 bits per heavy atom. The maximum absolute atomic E-state index is 10.3. The fraction of sp³-hybridized carbons (Fsp3) is 0.684. The van der Waals surface area contributed by atoms with Crippen LogP contribution in [-0.4, -0.2) is 73.5 Å². The molecular weight excluding hydrogens is 288 g/mol. The predicted octanol–water partition coefficient (Wildman–Crippen LogP) is 1.63. The number of nitrogens with zero attached hydrogens (tertiary/aromatic N) is 2.